The fourth-order valence-corrected chi connectivity index (χ4v) is 3.07. The number of hydrogen-bond acceptors (Lipinski definition) is 3. The molecule has 0 saturated heterocycles. The standard InChI is InChI=1S/C16H15ClINO2/c1-21-16(20)13(11-5-3-2-4-6-11)10-19-15-8-7-12(17)9-14(15)18/h2-9,13,19H,10H2,1H3. The average molecular weight is 416 g/mol. The summed E-state index contributed by atoms with van der Waals surface area (Å²) in [6.07, 6.45) is 0. The third-order valence-electron chi connectivity index (χ3n) is 3.12. The highest BCUT2D eigenvalue weighted by atomic mass is 127. The van der Waals surface area contributed by atoms with Crippen LogP contribution in [0.1, 0.15) is 11.5 Å². The van der Waals surface area contributed by atoms with E-state index >= 15 is 0 Å². The number of carbonyl (C=O) groups is 1. The largest absolute Gasteiger partial charge is 0.468 e. The number of methoxy groups -OCH3 is 1. The lowest BCUT2D eigenvalue weighted by Crippen LogP contribution is -2.22. The molecular formula is C16H15ClINO2. The molecule has 0 fully saturated rings. The molecule has 110 valence electrons. The molecule has 0 radical (unpaired) electrons. The lowest BCUT2D eigenvalue weighted by atomic mass is 9.99. The van der Waals surface area contributed by atoms with Crippen molar-refractivity contribution in [3.05, 3.63) is 62.7 Å². The van der Waals surface area contributed by atoms with Crippen molar-refractivity contribution in [1.82, 2.24) is 0 Å². The van der Waals surface area contributed by atoms with E-state index < -0.39 is 0 Å². The van der Waals surface area contributed by atoms with E-state index in [0.717, 1.165) is 14.8 Å². The van der Waals surface area contributed by atoms with Gasteiger partial charge in [0.05, 0.1) is 13.0 Å². The Balaban J connectivity index is 2.15. The molecule has 2 aromatic rings. The van der Waals surface area contributed by atoms with E-state index in [4.69, 9.17) is 16.3 Å². The Hall–Kier alpha value is -1.27. The van der Waals surface area contributed by atoms with Gasteiger partial charge in [-0.25, -0.2) is 0 Å². The smallest absolute Gasteiger partial charge is 0.314 e. The first-order valence-corrected chi connectivity index (χ1v) is 7.89. The van der Waals surface area contributed by atoms with E-state index in [2.05, 4.69) is 27.9 Å². The lowest BCUT2D eigenvalue weighted by molar-refractivity contribution is -0.142. The molecule has 0 amide bonds. The molecule has 0 saturated carbocycles. The summed E-state index contributed by atoms with van der Waals surface area (Å²) in [6, 6.07) is 15.2. The van der Waals surface area contributed by atoms with Crippen LogP contribution in [0.25, 0.3) is 0 Å². The number of benzene rings is 2. The molecule has 1 N–H and O–H groups in total. The number of esters is 1. The Bertz CT molecular complexity index is 619. The molecule has 5 heteroatoms. The molecule has 2 aromatic carbocycles. The Morgan fingerprint density at radius 3 is 2.62 bits per heavy atom. The first-order chi connectivity index (χ1) is 10.1. The van der Waals surface area contributed by atoms with Gasteiger partial charge in [-0.2, -0.15) is 0 Å². The summed E-state index contributed by atoms with van der Waals surface area (Å²) in [7, 11) is 1.41. The zero-order valence-electron chi connectivity index (χ0n) is 11.5. The van der Waals surface area contributed by atoms with Gasteiger partial charge in [0.1, 0.15) is 0 Å². The summed E-state index contributed by atoms with van der Waals surface area (Å²) >= 11 is 8.15. The SMILES string of the molecule is COC(=O)C(CNc1ccc(Cl)cc1I)c1ccccc1. The van der Waals surface area contributed by atoms with Crippen molar-refractivity contribution in [2.75, 3.05) is 19.0 Å². The maximum absolute atomic E-state index is 12.0. The maximum atomic E-state index is 12.0. The lowest BCUT2D eigenvalue weighted by Gasteiger charge is -2.17. The van der Waals surface area contributed by atoms with Crippen molar-refractivity contribution in [3.8, 4) is 0 Å². The van der Waals surface area contributed by atoms with E-state index in [1.807, 2.05) is 48.5 Å². The second kappa shape index (κ2) is 7.66. The molecule has 21 heavy (non-hydrogen) atoms. The first-order valence-electron chi connectivity index (χ1n) is 6.43. The van der Waals surface area contributed by atoms with Crippen molar-refractivity contribution in [3.63, 3.8) is 0 Å². The predicted molar refractivity (Wildman–Crippen MR) is 93.9 cm³/mol. The predicted octanol–water partition coefficient (Wildman–Crippen LogP) is 4.31. The number of anilines is 1. The summed E-state index contributed by atoms with van der Waals surface area (Å²) in [5, 5.41) is 3.98. The highest BCUT2D eigenvalue weighted by molar-refractivity contribution is 14.1. The zero-order chi connectivity index (χ0) is 15.2. The van der Waals surface area contributed by atoms with Gasteiger partial charge in [0.2, 0.25) is 0 Å². The van der Waals surface area contributed by atoms with Crippen LogP contribution in [0.5, 0.6) is 0 Å². The minimum atomic E-state index is -0.345. The van der Waals surface area contributed by atoms with E-state index in [9.17, 15) is 4.79 Å². The quantitative estimate of drug-likeness (QED) is 0.584. The van der Waals surface area contributed by atoms with Gasteiger partial charge in [-0.15, -0.1) is 0 Å². The Morgan fingerprint density at radius 2 is 2.00 bits per heavy atom. The number of nitrogens with one attached hydrogen (secondary N) is 1. The van der Waals surface area contributed by atoms with Crippen molar-refractivity contribution < 1.29 is 9.53 Å². The van der Waals surface area contributed by atoms with Gasteiger partial charge in [0, 0.05) is 20.8 Å². The molecule has 0 spiro atoms. The van der Waals surface area contributed by atoms with Crippen LogP contribution in [0.15, 0.2) is 48.5 Å². The second-order valence-electron chi connectivity index (χ2n) is 4.49. The molecule has 1 unspecified atom stereocenters. The normalized spacial score (nSPS) is 11.8. The minimum absolute atomic E-state index is 0.252. The van der Waals surface area contributed by atoms with Gasteiger partial charge in [-0.3, -0.25) is 4.79 Å². The molecule has 0 aliphatic heterocycles. The van der Waals surface area contributed by atoms with E-state index in [1.165, 1.54) is 7.11 Å². The fraction of sp³-hybridized carbons (Fsp3) is 0.188. The third kappa shape index (κ3) is 4.35. The molecule has 3 nitrogen and oxygen atoms in total. The molecule has 0 aliphatic rings. The van der Waals surface area contributed by atoms with E-state index in [0.29, 0.717) is 11.6 Å². The monoisotopic (exact) mass is 415 g/mol. The van der Waals surface area contributed by atoms with Crippen LogP contribution in [0.2, 0.25) is 5.02 Å². The van der Waals surface area contributed by atoms with Crippen LogP contribution in [0, 0.1) is 3.57 Å². The third-order valence-corrected chi connectivity index (χ3v) is 4.24. The van der Waals surface area contributed by atoms with E-state index in [1.54, 1.807) is 0 Å². The van der Waals surface area contributed by atoms with Gasteiger partial charge >= 0.3 is 5.97 Å². The van der Waals surface area contributed by atoms with Gasteiger partial charge in [0.25, 0.3) is 0 Å². The molecule has 2 rings (SSSR count). The van der Waals surface area contributed by atoms with Gasteiger partial charge < -0.3 is 10.1 Å². The first kappa shape index (κ1) is 16.1. The summed E-state index contributed by atoms with van der Waals surface area (Å²) < 4.78 is 5.91. The van der Waals surface area contributed by atoms with Crippen LogP contribution >= 0.6 is 34.2 Å². The van der Waals surface area contributed by atoms with Crippen LogP contribution < -0.4 is 5.32 Å². The summed E-state index contributed by atoms with van der Waals surface area (Å²) in [5.74, 6) is -0.597. The van der Waals surface area contributed by atoms with Crippen molar-refractivity contribution in [2.45, 2.75) is 5.92 Å². The summed E-state index contributed by atoms with van der Waals surface area (Å²) in [4.78, 5) is 12.0. The number of ether oxygens (including phenoxy) is 1. The Kier molecular flexibility index (Phi) is 5.87. The molecule has 0 bridgehead atoms. The minimum Gasteiger partial charge on any atom is -0.468 e. The van der Waals surface area contributed by atoms with Gasteiger partial charge in [0.15, 0.2) is 0 Å². The molecular weight excluding hydrogens is 401 g/mol. The maximum Gasteiger partial charge on any atom is 0.314 e. The van der Waals surface area contributed by atoms with Crippen molar-refractivity contribution >= 4 is 45.8 Å². The molecule has 0 aliphatic carbocycles. The van der Waals surface area contributed by atoms with Crippen LogP contribution in [0.4, 0.5) is 5.69 Å². The highest BCUT2D eigenvalue weighted by Crippen LogP contribution is 2.24. The number of halogens is 2. The summed E-state index contributed by atoms with van der Waals surface area (Å²) in [5.41, 5.74) is 1.88. The number of rotatable bonds is 5. The van der Waals surface area contributed by atoms with Gasteiger partial charge in [-0.1, -0.05) is 41.9 Å². The average Bonchev–Trinajstić information content (AvgIpc) is 2.50. The van der Waals surface area contributed by atoms with Gasteiger partial charge in [-0.05, 0) is 46.4 Å². The summed E-state index contributed by atoms with van der Waals surface area (Å²) in [6.45, 7) is 0.467. The van der Waals surface area contributed by atoms with Crippen LogP contribution in [-0.4, -0.2) is 19.6 Å². The number of hydrogen-bond donors (Lipinski definition) is 1. The molecule has 0 heterocycles. The molecule has 0 aromatic heterocycles. The van der Waals surface area contributed by atoms with E-state index in [-0.39, 0.29) is 11.9 Å². The van der Waals surface area contributed by atoms with Crippen LogP contribution in [0.3, 0.4) is 0 Å². The second-order valence-corrected chi connectivity index (χ2v) is 6.09. The Labute approximate surface area is 142 Å². The zero-order valence-corrected chi connectivity index (χ0v) is 14.4. The molecule has 1 atom stereocenters. The fourth-order valence-electron chi connectivity index (χ4n) is 2.01. The topological polar surface area (TPSA) is 38.3 Å². The van der Waals surface area contributed by atoms with Crippen molar-refractivity contribution in [2.24, 2.45) is 0 Å². The highest BCUT2D eigenvalue weighted by Gasteiger charge is 2.21. The van der Waals surface area contributed by atoms with Crippen LogP contribution in [-0.2, 0) is 9.53 Å². The Morgan fingerprint density at radius 1 is 1.29 bits per heavy atom. The number of carbonyl (C=O) groups excluding carboxylic acids is 1. The van der Waals surface area contributed by atoms with Crippen molar-refractivity contribution in [1.29, 1.82) is 0 Å².